The molecule has 1 aromatic heterocycles. The van der Waals surface area contributed by atoms with Crippen molar-refractivity contribution in [2.75, 3.05) is 5.32 Å². The molecule has 0 bridgehead atoms. The molecule has 7 heteroatoms. The molecule has 0 unspecified atom stereocenters. The first-order valence-electron chi connectivity index (χ1n) is 9.95. The van der Waals surface area contributed by atoms with Crippen LogP contribution in [0.2, 0.25) is 0 Å². The Labute approximate surface area is 175 Å². The number of nitrogens with two attached hydrogens (primary N) is 1. The van der Waals surface area contributed by atoms with Gasteiger partial charge in [-0.05, 0) is 62.1 Å². The van der Waals surface area contributed by atoms with Crippen molar-refractivity contribution < 1.29 is 9.90 Å². The second kappa shape index (κ2) is 7.67. The van der Waals surface area contributed by atoms with Gasteiger partial charge in [-0.1, -0.05) is 6.07 Å². The van der Waals surface area contributed by atoms with Crippen LogP contribution in [0.15, 0.2) is 36.4 Å². The summed E-state index contributed by atoms with van der Waals surface area (Å²) in [5.74, 6) is -0.351. The Bertz CT molecular complexity index is 1160. The number of carbonyl (C=O) groups is 1. The number of rotatable bonds is 5. The van der Waals surface area contributed by atoms with Crippen molar-refractivity contribution in [2.24, 2.45) is 12.8 Å². The predicted molar refractivity (Wildman–Crippen MR) is 117 cm³/mol. The molecule has 7 nitrogen and oxygen atoms in total. The van der Waals surface area contributed by atoms with Gasteiger partial charge in [0.15, 0.2) is 0 Å². The van der Waals surface area contributed by atoms with Gasteiger partial charge in [0, 0.05) is 35.0 Å². The maximum atomic E-state index is 12.5. The van der Waals surface area contributed by atoms with Gasteiger partial charge in [0.2, 0.25) is 5.91 Å². The number of fused-ring (bicyclic) bond motifs is 1. The van der Waals surface area contributed by atoms with Crippen LogP contribution in [0.25, 0.3) is 11.3 Å². The lowest BCUT2D eigenvalue weighted by Crippen LogP contribution is -2.16. The van der Waals surface area contributed by atoms with E-state index in [-0.39, 0.29) is 23.9 Å². The normalized spacial score (nSPS) is 12.6. The number of anilines is 1. The smallest absolute Gasteiger partial charge is 0.228 e. The van der Waals surface area contributed by atoms with Crippen molar-refractivity contribution in [3.05, 3.63) is 64.3 Å². The average molecular weight is 403 g/mol. The first kappa shape index (κ1) is 19.7. The van der Waals surface area contributed by atoms with Gasteiger partial charge in [0.1, 0.15) is 11.6 Å². The Morgan fingerprint density at radius 2 is 2.07 bits per heavy atom. The van der Waals surface area contributed by atoms with Crippen LogP contribution in [-0.2, 0) is 31.1 Å². The topological polar surface area (TPSA) is 117 Å². The van der Waals surface area contributed by atoms with Gasteiger partial charge in [-0.15, -0.1) is 0 Å². The third-order valence-corrected chi connectivity index (χ3v) is 5.58. The minimum absolute atomic E-state index is 0.00624. The first-order chi connectivity index (χ1) is 14.3. The summed E-state index contributed by atoms with van der Waals surface area (Å²) in [6.07, 6.45) is 3.23. The number of aromatic hydroxyl groups is 1. The molecule has 3 aromatic rings. The molecule has 0 spiro atoms. The zero-order valence-electron chi connectivity index (χ0n) is 17.1. The Balaban J connectivity index is 1.53. The quantitative estimate of drug-likeness (QED) is 0.387. The molecular formula is C23H25N5O2. The molecule has 0 saturated carbocycles. The number of amides is 1. The van der Waals surface area contributed by atoms with Crippen LogP contribution >= 0.6 is 0 Å². The molecule has 0 saturated heterocycles. The molecule has 0 radical (unpaired) electrons. The summed E-state index contributed by atoms with van der Waals surface area (Å²) in [4.78, 5) is 12.5. The van der Waals surface area contributed by atoms with Gasteiger partial charge in [0.05, 0.1) is 17.8 Å². The Morgan fingerprint density at radius 3 is 2.80 bits per heavy atom. The van der Waals surface area contributed by atoms with E-state index in [1.165, 1.54) is 17.3 Å². The number of nitrogens with zero attached hydrogens (tertiary/aromatic N) is 2. The molecule has 0 atom stereocenters. The van der Waals surface area contributed by atoms with E-state index in [2.05, 4.69) is 10.4 Å². The van der Waals surface area contributed by atoms with Gasteiger partial charge in [-0.25, -0.2) is 0 Å². The van der Waals surface area contributed by atoms with Crippen LogP contribution in [0.4, 0.5) is 5.69 Å². The second-order valence-electron chi connectivity index (χ2n) is 7.76. The molecule has 1 aliphatic rings. The van der Waals surface area contributed by atoms with E-state index in [0.29, 0.717) is 16.8 Å². The summed E-state index contributed by atoms with van der Waals surface area (Å²) in [6, 6.07) is 10.4. The maximum Gasteiger partial charge on any atom is 0.228 e. The van der Waals surface area contributed by atoms with Crippen molar-refractivity contribution in [3.8, 4) is 17.0 Å². The van der Waals surface area contributed by atoms with E-state index in [9.17, 15) is 9.90 Å². The number of carbonyl (C=O) groups excluding carboxylic acids is 1. The van der Waals surface area contributed by atoms with Gasteiger partial charge in [-0.2, -0.15) is 5.10 Å². The summed E-state index contributed by atoms with van der Waals surface area (Å²) >= 11 is 0. The van der Waals surface area contributed by atoms with E-state index < -0.39 is 0 Å². The summed E-state index contributed by atoms with van der Waals surface area (Å²) < 4.78 is 1.95. The minimum Gasteiger partial charge on any atom is -0.508 e. The van der Waals surface area contributed by atoms with E-state index in [4.69, 9.17) is 11.1 Å². The number of hydrogen-bond donors (Lipinski definition) is 4. The molecule has 1 aliphatic carbocycles. The summed E-state index contributed by atoms with van der Waals surface area (Å²) in [6.45, 7) is 2.03. The summed E-state index contributed by atoms with van der Waals surface area (Å²) in [5, 5.41) is 25.1. The SMILES string of the molecule is Cc1cc(NC(=O)Cc2cc(C(=N)N)ccc2O)ccc1-c1c2c(nn1C)CCC2. The highest BCUT2D eigenvalue weighted by Crippen LogP contribution is 2.34. The van der Waals surface area contributed by atoms with E-state index >= 15 is 0 Å². The molecule has 154 valence electrons. The molecular weight excluding hydrogens is 378 g/mol. The third kappa shape index (κ3) is 3.66. The van der Waals surface area contributed by atoms with E-state index in [1.54, 1.807) is 12.1 Å². The molecule has 2 aromatic carbocycles. The van der Waals surface area contributed by atoms with E-state index in [1.807, 2.05) is 36.9 Å². The molecule has 4 rings (SSSR count). The number of nitrogens with one attached hydrogen (secondary N) is 2. The largest absolute Gasteiger partial charge is 0.508 e. The summed E-state index contributed by atoms with van der Waals surface area (Å²) in [7, 11) is 1.98. The number of benzene rings is 2. The molecule has 1 amide bonds. The van der Waals surface area contributed by atoms with Crippen LogP contribution in [-0.4, -0.2) is 26.6 Å². The van der Waals surface area contributed by atoms with Gasteiger partial charge < -0.3 is 16.2 Å². The predicted octanol–water partition coefficient (Wildman–Crippen LogP) is 3.06. The van der Waals surface area contributed by atoms with Crippen LogP contribution in [0, 0.1) is 12.3 Å². The second-order valence-corrected chi connectivity index (χ2v) is 7.76. The Kier molecular flexibility index (Phi) is 5.03. The Morgan fingerprint density at radius 1 is 1.27 bits per heavy atom. The highest BCUT2D eigenvalue weighted by molar-refractivity contribution is 5.96. The van der Waals surface area contributed by atoms with Crippen molar-refractivity contribution in [1.82, 2.24) is 9.78 Å². The fourth-order valence-corrected chi connectivity index (χ4v) is 4.14. The van der Waals surface area contributed by atoms with Crippen LogP contribution < -0.4 is 11.1 Å². The lowest BCUT2D eigenvalue weighted by atomic mass is 10.0. The zero-order chi connectivity index (χ0) is 21.4. The molecule has 1 heterocycles. The van der Waals surface area contributed by atoms with E-state index in [0.717, 1.165) is 36.1 Å². The fraction of sp³-hybridized carbons (Fsp3) is 0.261. The van der Waals surface area contributed by atoms with Crippen LogP contribution in [0.1, 0.15) is 34.4 Å². The number of phenols is 1. The number of nitrogen functional groups attached to an aromatic ring is 1. The van der Waals surface area contributed by atoms with Gasteiger partial charge >= 0.3 is 0 Å². The number of amidine groups is 1. The average Bonchev–Trinajstić information content (AvgIpc) is 3.24. The van der Waals surface area contributed by atoms with Gasteiger partial charge in [-0.3, -0.25) is 14.9 Å². The third-order valence-electron chi connectivity index (χ3n) is 5.58. The molecule has 30 heavy (non-hydrogen) atoms. The molecule has 5 N–H and O–H groups in total. The first-order valence-corrected chi connectivity index (χ1v) is 9.95. The highest BCUT2D eigenvalue weighted by Gasteiger charge is 2.22. The molecule has 0 aliphatic heterocycles. The standard InChI is InChI=1S/C23H25N5O2/c1-13-10-16(7-8-17(13)22-18-4-3-5-19(18)27-28(22)2)26-21(30)12-15-11-14(23(24)25)6-9-20(15)29/h6-11,29H,3-5,12H2,1-2H3,(H3,24,25)(H,26,30). The van der Waals surface area contributed by atoms with Gasteiger partial charge in [0.25, 0.3) is 0 Å². The lowest BCUT2D eigenvalue weighted by molar-refractivity contribution is -0.115. The van der Waals surface area contributed by atoms with Crippen molar-refractivity contribution >= 4 is 17.4 Å². The molecule has 0 fully saturated rings. The number of aromatic nitrogens is 2. The number of aryl methyl sites for hydroxylation is 3. The monoisotopic (exact) mass is 403 g/mol. The maximum absolute atomic E-state index is 12.5. The lowest BCUT2D eigenvalue weighted by Gasteiger charge is -2.12. The van der Waals surface area contributed by atoms with Crippen LogP contribution in [0.5, 0.6) is 5.75 Å². The van der Waals surface area contributed by atoms with Crippen molar-refractivity contribution in [1.29, 1.82) is 5.41 Å². The number of hydrogen-bond acceptors (Lipinski definition) is 4. The van der Waals surface area contributed by atoms with Crippen LogP contribution in [0.3, 0.4) is 0 Å². The Hall–Kier alpha value is -3.61. The minimum atomic E-state index is -0.250. The fourth-order valence-electron chi connectivity index (χ4n) is 4.14. The summed E-state index contributed by atoms with van der Waals surface area (Å²) in [5.41, 5.74) is 13.0. The highest BCUT2D eigenvalue weighted by atomic mass is 16.3. The van der Waals surface area contributed by atoms with Crippen molar-refractivity contribution in [2.45, 2.75) is 32.6 Å². The van der Waals surface area contributed by atoms with Crippen molar-refractivity contribution in [3.63, 3.8) is 0 Å². The number of phenolic OH excluding ortho intramolecular Hbond substituents is 1. The zero-order valence-corrected chi connectivity index (χ0v) is 17.1.